The van der Waals surface area contributed by atoms with Gasteiger partial charge in [0.15, 0.2) is 0 Å². The zero-order valence-electron chi connectivity index (χ0n) is 21.0. The van der Waals surface area contributed by atoms with E-state index in [1.54, 1.807) is 16.0 Å². The zero-order valence-corrected chi connectivity index (χ0v) is 21.8. The molecule has 1 amide bonds. The first-order chi connectivity index (χ1) is 17.1. The van der Waals surface area contributed by atoms with Crippen LogP contribution in [0.25, 0.3) is 10.9 Å². The van der Waals surface area contributed by atoms with Gasteiger partial charge in [-0.25, -0.2) is 4.98 Å². The molecule has 3 heterocycles. The number of carbonyl (C=O) groups excluding carboxylic acids is 1. The highest BCUT2D eigenvalue weighted by atomic mass is 32.1. The van der Waals surface area contributed by atoms with Crippen molar-refractivity contribution in [3.05, 3.63) is 40.5 Å². The van der Waals surface area contributed by atoms with E-state index >= 15 is 0 Å². The van der Waals surface area contributed by atoms with Crippen molar-refractivity contribution >= 4 is 28.1 Å². The normalized spacial score (nSPS) is 21.0. The van der Waals surface area contributed by atoms with Gasteiger partial charge in [-0.2, -0.15) is 5.10 Å². The second-order valence-electron chi connectivity index (χ2n) is 10.1. The summed E-state index contributed by atoms with van der Waals surface area (Å²) in [4.78, 5) is 21.7. The number of rotatable bonds is 8. The first-order valence-electron chi connectivity index (χ1n) is 13.2. The van der Waals surface area contributed by atoms with E-state index in [1.165, 1.54) is 36.4 Å². The molecule has 7 nitrogen and oxygen atoms in total. The van der Waals surface area contributed by atoms with Gasteiger partial charge in [0, 0.05) is 49.1 Å². The van der Waals surface area contributed by atoms with Crippen LogP contribution in [0.2, 0.25) is 0 Å². The Bertz CT molecular complexity index is 1120. The maximum atomic E-state index is 13.0. The van der Waals surface area contributed by atoms with Crippen LogP contribution in [0.4, 0.5) is 0 Å². The van der Waals surface area contributed by atoms with Crippen molar-refractivity contribution in [2.45, 2.75) is 64.3 Å². The van der Waals surface area contributed by atoms with Gasteiger partial charge in [0.05, 0.1) is 23.4 Å². The van der Waals surface area contributed by atoms with Crippen LogP contribution in [-0.4, -0.2) is 57.9 Å². The van der Waals surface area contributed by atoms with Crippen molar-refractivity contribution in [1.82, 2.24) is 25.0 Å². The van der Waals surface area contributed by atoms with Crippen LogP contribution in [0.5, 0.6) is 5.19 Å². The Morgan fingerprint density at radius 3 is 2.86 bits per heavy atom. The van der Waals surface area contributed by atoms with E-state index in [9.17, 15) is 4.79 Å². The van der Waals surface area contributed by atoms with Crippen LogP contribution in [0.15, 0.2) is 24.4 Å². The molecular weight excluding hydrogens is 458 g/mol. The van der Waals surface area contributed by atoms with Crippen molar-refractivity contribution in [1.29, 1.82) is 0 Å². The van der Waals surface area contributed by atoms with Crippen molar-refractivity contribution < 1.29 is 9.53 Å². The predicted octanol–water partition coefficient (Wildman–Crippen LogP) is 4.60. The Morgan fingerprint density at radius 2 is 2.03 bits per heavy atom. The fourth-order valence-electron chi connectivity index (χ4n) is 5.44. The maximum absolute atomic E-state index is 13.0. The molecule has 0 atom stereocenters. The van der Waals surface area contributed by atoms with Gasteiger partial charge in [-0.3, -0.25) is 9.48 Å². The Morgan fingerprint density at radius 1 is 1.20 bits per heavy atom. The fraction of sp³-hybridized carbons (Fsp3) is 0.593. The summed E-state index contributed by atoms with van der Waals surface area (Å²) in [5.74, 6) is 0.787. The number of carbonyl (C=O) groups is 1. The Hall–Kier alpha value is -2.45. The van der Waals surface area contributed by atoms with Crippen LogP contribution < -0.4 is 10.1 Å². The van der Waals surface area contributed by atoms with Gasteiger partial charge in [-0.15, -0.1) is 0 Å². The quantitative estimate of drug-likeness (QED) is 0.495. The molecule has 1 aliphatic heterocycles. The molecule has 0 spiro atoms. The monoisotopic (exact) mass is 495 g/mol. The summed E-state index contributed by atoms with van der Waals surface area (Å²) in [6, 6.07) is 6.05. The SMILES string of the molecule is CCCOc1nc2c(s1)CCN(CC[C@H]1CC[C@H](NC(=O)c3cccc4nn(C)cc34)CC1)CC2. The summed E-state index contributed by atoms with van der Waals surface area (Å²) in [6.45, 7) is 6.26. The standard InChI is InChI=1S/C27H37N5O2S/c1-3-17-34-27-29-24-12-15-32(16-13-25(24)35-27)14-11-19-7-9-20(10-8-19)28-26(33)21-5-4-6-23-22(21)18-31(2)30-23/h4-6,18-20H,3,7-17H2,1-2H3,(H,28,33)/t19-,20-. The molecule has 1 fully saturated rings. The molecule has 188 valence electrons. The Labute approximate surface area is 211 Å². The summed E-state index contributed by atoms with van der Waals surface area (Å²) in [5.41, 5.74) is 2.85. The van der Waals surface area contributed by atoms with Gasteiger partial charge < -0.3 is 15.0 Å². The minimum Gasteiger partial charge on any atom is -0.470 e. The molecule has 0 saturated heterocycles. The molecule has 1 aromatic carbocycles. The van der Waals surface area contributed by atoms with Gasteiger partial charge in [0.2, 0.25) is 0 Å². The zero-order chi connectivity index (χ0) is 24.2. The number of benzene rings is 1. The molecule has 1 saturated carbocycles. The van der Waals surface area contributed by atoms with E-state index < -0.39 is 0 Å². The maximum Gasteiger partial charge on any atom is 0.273 e. The van der Waals surface area contributed by atoms with E-state index in [-0.39, 0.29) is 11.9 Å². The Kier molecular flexibility index (Phi) is 7.68. The molecule has 0 bridgehead atoms. The van der Waals surface area contributed by atoms with Gasteiger partial charge >= 0.3 is 0 Å². The molecule has 8 heteroatoms. The van der Waals surface area contributed by atoms with Gasteiger partial charge in [-0.1, -0.05) is 24.3 Å². The first-order valence-corrected chi connectivity index (χ1v) is 14.0. The molecule has 5 rings (SSSR count). The molecule has 0 unspecified atom stereocenters. The molecular formula is C27H37N5O2S. The minimum atomic E-state index is 0.0287. The van der Waals surface area contributed by atoms with Crippen molar-refractivity contribution in [3.8, 4) is 5.19 Å². The number of nitrogens with zero attached hydrogens (tertiary/aromatic N) is 4. The third-order valence-electron chi connectivity index (χ3n) is 7.45. The third kappa shape index (κ3) is 5.86. The van der Waals surface area contributed by atoms with Crippen LogP contribution in [-0.2, 0) is 19.9 Å². The summed E-state index contributed by atoms with van der Waals surface area (Å²) in [6.07, 6.45) is 10.9. The second kappa shape index (κ2) is 11.1. The van der Waals surface area contributed by atoms with Crippen LogP contribution in [0.3, 0.4) is 0 Å². The summed E-state index contributed by atoms with van der Waals surface area (Å²) in [5, 5.41) is 9.49. The molecule has 0 radical (unpaired) electrons. The smallest absolute Gasteiger partial charge is 0.273 e. The lowest BCUT2D eigenvalue weighted by Gasteiger charge is -2.30. The number of ether oxygens (including phenoxy) is 1. The molecule has 2 aromatic heterocycles. The van der Waals surface area contributed by atoms with E-state index in [0.717, 1.165) is 79.4 Å². The average molecular weight is 496 g/mol. The largest absolute Gasteiger partial charge is 0.470 e. The van der Waals surface area contributed by atoms with Crippen molar-refractivity contribution in [2.75, 3.05) is 26.2 Å². The highest BCUT2D eigenvalue weighted by Gasteiger charge is 2.25. The predicted molar refractivity (Wildman–Crippen MR) is 140 cm³/mol. The summed E-state index contributed by atoms with van der Waals surface area (Å²) < 4.78 is 7.51. The van der Waals surface area contributed by atoms with E-state index in [2.05, 4.69) is 22.2 Å². The minimum absolute atomic E-state index is 0.0287. The van der Waals surface area contributed by atoms with Crippen LogP contribution >= 0.6 is 11.3 Å². The first kappa shape index (κ1) is 24.3. The number of aryl methyl sites for hydroxylation is 1. The summed E-state index contributed by atoms with van der Waals surface area (Å²) >= 11 is 1.74. The number of amides is 1. The number of hydrogen-bond donors (Lipinski definition) is 1. The van der Waals surface area contributed by atoms with Crippen LogP contribution in [0, 0.1) is 5.92 Å². The summed E-state index contributed by atoms with van der Waals surface area (Å²) in [7, 11) is 1.89. The lowest BCUT2D eigenvalue weighted by atomic mass is 9.84. The average Bonchev–Trinajstić information content (AvgIpc) is 3.39. The van der Waals surface area contributed by atoms with E-state index in [1.807, 2.05) is 31.4 Å². The molecule has 35 heavy (non-hydrogen) atoms. The number of hydrogen-bond acceptors (Lipinski definition) is 6. The van der Waals surface area contributed by atoms with Gasteiger partial charge in [-0.05, 0) is 69.5 Å². The number of fused-ring (bicyclic) bond motifs is 2. The lowest BCUT2D eigenvalue weighted by Crippen LogP contribution is -2.38. The van der Waals surface area contributed by atoms with E-state index in [4.69, 9.17) is 9.72 Å². The number of nitrogens with one attached hydrogen (secondary N) is 1. The highest BCUT2D eigenvalue weighted by molar-refractivity contribution is 7.13. The second-order valence-corrected chi connectivity index (χ2v) is 11.1. The Balaban J connectivity index is 1.05. The number of aromatic nitrogens is 3. The van der Waals surface area contributed by atoms with Gasteiger partial charge in [0.1, 0.15) is 0 Å². The number of thiazole rings is 1. The molecule has 2 aliphatic rings. The molecule has 3 aromatic rings. The van der Waals surface area contributed by atoms with Crippen molar-refractivity contribution in [3.63, 3.8) is 0 Å². The van der Waals surface area contributed by atoms with Crippen LogP contribution in [0.1, 0.15) is 66.4 Å². The molecule has 1 N–H and O–H groups in total. The topological polar surface area (TPSA) is 72.3 Å². The third-order valence-corrected chi connectivity index (χ3v) is 8.52. The molecule has 1 aliphatic carbocycles. The fourth-order valence-corrected chi connectivity index (χ4v) is 6.41. The highest BCUT2D eigenvalue weighted by Crippen LogP contribution is 2.30. The van der Waals surface area contributed by atoms with Crippen molar-refractivity contribution in [2.24, 2.45) is 13.0 Å². The lowest BCUT2D eigenvalue weighted by molar-refractivity contribution is 0.0921. The van der Waals surface area contributed by atoms with Gasteiger partial charge in [0.25, 0.3) is 11.1 Å². The van der Waals surface area contributed by atoms with E-state index in [0.29, 0.717) is 0 Å².